The minimum atomic E-state index is -0.00126. The van der Waals surface area contributed by atoms with E-state index < -0.39 is 0 Å². The number of rotatable bonds is 2. The van der Waals surface area contributed by atoms with E-state index >= 15 is 0 Å². The van der Waals surface area contributed by atoms with Crippen LogP contribution in [0.2, 0.25) is 5.02 Å². The van der Waals surface area contributed by atoms with Gasteiger partial charge in [0.15, 0.2) is 0 Å². The van der Waals surface area contributed by atoms with Crippen molar-refractivity contribution in [2.24, 2.45) is 11.7 Å². The van der Waals surface area contributed by atoms with Crippen molar-refractivity contribution < 1.29 is 4.74 Å². The van der Waals surface area contributed by atoms with Gasteiger partial charge in [-0.1, -0.05) is 24.4 Å². The summed E-state index contributed by atoms with van der Waals surface area (Å²) in [6.07, 6.45) is 8.78. The van der Waals surface area contributed by atoms with Crippen LogP contribution in [-0.4, -0.2) is 17.2 Å². The maximum atomic E-state index is 6.41. The van der Waals surface area contributed by atoms with Gasteiger partial charge in [0.05, 0.1) is 22.4 Å². The summed E-state index contributed by atoms with van der Waals surface area (Å²) in [5, 5.41) is 0.662. The predicted octanol–water partition coefficient (Wildman–Crippen LogP) is 3.47. The van der Waals surface area contributed by atoms with E-state index in [1.807, 2.05) is 12.1 Å². The fourth-order valence-electron chi connectivity index (χ4n) is 3.57. The van der Waals surface area contributed by atoms with E-state index in [9.17, 15) is 0 Å². The number of nitrogens with two attached hydrogens (primary N) is 1. The van der Waals surface area contributed by atoms with E-state index in [2.05, 4.69) is 4.98 Å². The number of nitrogens with zero attached hydrogens (tertiary/aromatic N) is 1. The molecule has 1 aliphatic carbocycles. The monoisotopic (exact) mass is 280 g/mol. The van der Waals surface area contributed by atoms with Crippen molar-refractivity contribution in [3.8, 4) is 0 Å². The Kier molecular flexibility index (Phi) is 3.79. The standard InChI is InChI=1S/C15H21ClN2O/c16-12-3-4-13(18-10-12)14(17)11-5-8-19-15(9-11)6-1-2-7-15/h3-4,10-11,14H,1-2,5-9,17H2. The molecule has 1 saturated heterocycles. The molecule has 3 nitrogen and oxygen atoms in total. The van der Waals surface area contributed by atoms with E-state index in [0.717, 1.165) is 25.1 Å². The molecule has 1 aromatic heterocycles. The van der Waals surface area contributed by atoms with Gasteiger partial charge in [0, 0.05) is 12.8 Å². The van der Waals surface area contributed by atoms with Gasteiger partial charge in [-0.15, -0.1) is 0 Å². The van der Waals surface area contributed by atoms with Crippen LogP contribution >= 0.6 is 11.6 Å². The van der Waals surface area contributed by atoms with Gasteiger partial charge in [-0.25, -0.2) is 0 Å². The number of halogens is 1. The lowest BCUT2D eigenvalue weighted by atomic mass is 9.80. The minimum Gasteiger partial charge on any atom is -0.375 e. The number of hydrogen-bond donors (Lipinski definition) is 1. The van der Waals surface area contributed by atoms with Crippen molar-refractivity contribution in [2.75, 3.05) is 6.61 Å². The Bertz CT molecular complexity index is 428. The van der Waals surface area contributed by atoms with Gasteiger partial charge in [0.2, 0.25) is 0 Å². The summed E-state index contributed by atoms with van der Waals surface area (Å²) in [5.41, 5.74) is 7.48. The van der Waals surface area contributed by atoms with Crippen LogP contribution in [0.15, 0.2) is 18.3 Å². The molecular weight excluding hydrogens is 260 g/mol. The summed E-state index contributed by atoms with van der Waals surface area (Å²) in [7, 11) is 0. The van der Waals surface area contributed by atoms with Crippen LogP contribution in [0.1, 0.15) is 50.3 Å². The molecule has 4 heteroatoms. The molecule has 2 N–H and O–H groups in total. The van der Waals surface area contributed by atoms with Crippen LogP contribution in [0.25, 0.3) is 0 Å². The fraction of sp³-hybridized carbons (Fsp3) is 0.667. The number of ether oxygens (including phenoxy) is 1. The third-order valence-electron chi connectivity index (χ3n) is 4.65. The van der Waals surface area contributed by atoms with E-state index in [0.29, 0.717) is 10.9 Å². The number of aromatic nitrogens is 1. The lowest BCUT2D eigenvalue weighted by Crippen LogP contribution is -2.40. The molecule has 19 heavy (non-hydrogen) atoms. The zero-order valence-electron chi connectivity index (χ0n) is 11.1. The van der Waals surface area contributed by atoms with Crippen molar-refractivity contribution in [3.05, 3.63) is 29.0 Å². The average Bonchev–Trinajstić information content (AvgIpc) is 2.87. The first-order chi connectivity index (χ1) is 9.19. The Morgan fingerprint density at radius 3 is 2.84 bits per heavy atom. The van der Waals surface area contributed by atoms with E-state index in [-0.39, 0.29) is 11.6 Å². The lowest BCUT2D eigenvalue weighted by molar-refractivity contribution is -0.0965. The zero-order chi connectivity index (χ0) is 13.3. The second-order valence-electron chi connectivity index (χ2n) is 5.92. The van der Waals surface area contributed by atoms with Crippen molar-refractivity contribution in [2.45, 2.75) is 50.2 Å². The first kappa shape index (κ1) is 13.3. The van der Waals surface area contributed by atoms with E-state index in [1.165, 1.54) is 25.7 Å². The first-order valence-corrected chi connectivity index (χ1v) is 7.57. The molecular formula is C15H21ClN2O. The minimum absolute atomic E-state index is 0.00126. The Balaban J connectivity index is 1.72. The third-order valence-corrected chi connectivity index (χ3v) is 4.87. The van der Waals surface area contributed by atoms with Gasteiger partial charge in [-0.3, -0.25) is 4.98 Å². The van der Waals surface area contributed by atoms with Gasteiger partial charge in [0.1, 0.15) is 0 Å². The van der Waals surface area contributed by atoms with Crippen LogP contribution < -0.4 is 5.73 Å². The molecule has 2 unspecified atom stereocenters. The molecule has 1 spiro atoms. The van der Waals surface area contributed by atoms with Gasteiger partial charge < -0.3 is 10.5 Å². The smallest absolute Gasteiger partial charge is 0.0686 e. The summed E-state index contributed by atoms with van der Waals surface area (Å²) >= 11 is 5.88. The van der Waals surface area contributed by atoms with Gasteiger partial charge in [-0.2, -0.15) is 0 Å². The molecule has 2 atom stereocenters. The Labute approximate surface area is 119 Å². The van der Waals surface area contributed by atoms with Crippen molar-refractivity contribution >= 4 is 11.6 Å². The highest BCUT2D eigenvalue weighted by Gasteiger charge is 2.41. The maximum Gasteiger partial charge on any atom is 0.0686 e. The van der Waals surface area contributed by atoms with Crippen LogP contribution in [0.3, 0.4) is 0 Å². The average molecular weight is 281 g/mol. The summed E-state index contributed by atoms with van der Waals surface area (Å²) in [6, 6.07) is 3.82. The van der Waals surface area contributed by atoms with Gasteiger partial charge in [-0.05, 0) is 43.7 Å². The SMILES string of the molecule is NC(c1ccc(Cl)cn1)C1CCOC2(CCCC2)C1. The fourth-order valence-corrected chi connectivity index (χ4v) is 3.68. The molecule has 3 rings (SSSR count). The molecule has 104 valence electrons. The molecule has 2 aliphatic rings. The highest BCUT2D eigenvalue weighted by Crippen LogP contribution is 2.44. The molecule has 1 aliphatic heterocycles. The zero-order valence-corrected chi connectivity index (χ0v) is 11.9. The highest BCUT2D eigenvalue weighted by atomic mass is 35.5. The van der Waals surface area contributed by atoms with Crippen LogP contribution in [0.5, 0.6) is 0 Å². The maximum absolute atomic E-state index is 6.41. The normalized spacial score (nSPS) is 27.6. The van der Waals surface area contributed by atoms with E-state index in [1.54, 1.807) is 6.20 Å². The van der Waals surface area contributed by atoms with Crippen LogP contribution in [0, 0.1) is 5.92 Å². The number of pyridine rings is 1. The highest BCUT2D eigenvalue weighted by molar-refractivity contribution is 6.30. The van der Waals surface area contributed by atoms with Crippen molar-refractivity contribution in [1.29, 1.82) is 0 Å². The largest absolute Gasteiger partial charge is 0.375 e. The first-order valence-electron chi connectivity index (χ1n) is 7.20. The Hall–Kier alpha value is -0.640. The van der Waals surface area contributed by atoms with Crippen molar-refractivity contribution in [3.63, 3.8) is 0 Å². The Morgan fingerprint density at radius 2 is 2.16 bits per heavy atom. The molecule has 2 heterocycles. The molecule has 2 fully saturated rings. The van der Waals surface area contributed by atoms with E-state index in [4.69, 9.17) is 22.1 Å². The Morgan fingerprint density at radius 1 is 1.37 bits per heavy atom. The topological polar surface area (TPSA) is 48.1 Å². The summed E-state index contributed by atoms with van der Waals surface area (Å²) < 4.78 is 6.06. The molecule has 1 saturated carbocycles. The van der Waals surface area contributed by atoms with Gasteiger partial charge >= 0.3 is 0 Å². The number of hydrogen-bond acceptors (Lipinski definition) is 3. The third kappa shape index (κ3) is 2.78. The second-order valence-corrected chi connectivity index (χ2v) is 6.35. The summed E-state index contributed by atoms with van der Waals surface area (Å²) in [4.78, 5) is 4.37. The molecule has 0 radical (unpaired) electrons. The van der Waals surface area contributed by atoms with Crippen LogP contribution in [-0.2, 0) is 4.74 Å². The summed E-state index contributed by atoms with van der Waals surface area (Å²) in [5.74, 6) is 0.473. The molecule has 0 amide bonds. The van der Waals surface area contributed by atoms with Crippen molar-refractivity contribution in [1.82, 2.24) is 4.98 Å². The predicted molar refractivity (Wildman–Crippen MR) is 76.1 cm³/mol. The van der Waals surface area contributed by atoms with Crippen LogP contribution in [0.4, 0.5) is 0 Å². The second kappa shape index (κ2) is 5.39. The molecule has 0 bridgehead atoms. The summed E-state index contributed by atoms with van der Waals surface area (Å²) in [6.45, 7) is 0.839. The van der Waals surface area contributed by atoms with Gasteiger partial charge in [0.25, 0.3) is 0 Å². The molecule has 0 aromatic carbocycles. The lowest BCUT2D eigenvalue weighted by Gasteiger charge is -2.40. The quantitative estimate of drug-likeness (QED) is 0.902. The molecule has 1 aromatic rings.